The summed E-state index contributed by atoms with van der Waals surface area (Å²) in [4.78, 5) is 13.8. The lowest BCUT2D eigenvalue weighted by molar-refractivity contribution is -0.139. The van der Waals surface area contributed by atoms with E-state index in [9.17, 15) is 4.79 Å². The first-order chi connectivity index (χ1) is 7.74. The van der Waals surface area contributed by atoms with Gasteiger partial charge in [0.1, 0.15) is 0 Å². The fraction of sp³-hybridized carbons (Fsp3) is 0.769. The van der Waals surface area contributed by atoms with Crippen molar-refractivity contribution in [2.45, 2.75) is 39.0 Å². The smallest absolute Gasteiger partial charge is 0.334 e. The maximum Gasteiger partial charge on any atom is 0.334 e. The molecule has 0 fully saturated rings. The molecule has 0 aromatic heterocycles. The molecule has 1 aliphatic rings. The molecule has 0 aromatic rings. The molecular formula is C13H23NO2. The summed E-state index contributed by atoms with van der Waals surface area (Å²) in [6.45, 7) is 4.51. The second-order valence-corrected chi connectivity index (χ2v) is 4.45. The molecule has 1 heterocycles. The molecule has 0 unspecified atom stereocenters. The lowest BCUT2D eigenvalue weighted by atomic mass is 10.1. The quantitative estimate of drug-likeness (QED) is 0.513. The van der Waals surface area contributed by atoms with Crippen molar-refractivity contribution in [3.63, 3.8) is 0 Å². The fourth-order valence-electron chi connectivity index (χ4n) is 1.83. The average Bonchev–Trinajstić information content (AvgIpc) is 2.28. The molecule has 0 aliphatic carbocycles. The largest absolute Gasteiger partial charge is 0.462 e. The van der Waals surface area contributed by atoms with E-state index in [2.05, 4.69) is 11.8 Å². The maximum absolute atomic E-state index is 11.7. The number of carbonyl (C=O) groups is 1. The van der Waals surface area contributed by atoms with Crippen LogP contribution in [0, 0.1) is 0 Å². The van der Waals surface area contributed by atoms with Gasteiger partial charge >= 0.3 is 5.97 Å². The van der Waals surface area contributed by atoms with Gasteiger partial charge in [0, 0.05) is 18.7 Å². The number of ether oxygens (including phenoxy) is 1. The van der Waals surface area contributed by atoms with Gasteiger partial charge in [-0.15, -0.1) is 0 Å². The van der Waals surface area contributed by atoms with Gasteiger partial charge in [-0.1, -0.05) is 32.3 Å². The van der Waals surface area contributed by atoms with Gasteiger partial charge < -0.3 is 9.64 Å². The highest BCUT2D eigenvalue weighted by molar-refractivity contribution is 5.89. The van der Waals surface area contributed by atoms with Crippen LogP contribution >= 0.6 is 0 Å². The van der Waals surface area contributed by atoms with E-state index in [0.29, 0.717) is 6.61 Å². The number of likely N-dealkylation sites (N-methyl/N-ethyl adjacent to an activating group) is 1. The molecule has 92 valence electrons. The average molecular weight is 225 g/mol. The van der Waals surface area contributed by atoms with Crippen LogP contribution in [-0.4, -0.2) is 37.6 Å². The SMILES string of the molecule is CCCCCCOC(=O)C1=CCCN(C)C1. The highest BCUT2D eigenvalue weighted by atomic mass is 16.5. The van der Waals surface area contributed by atoms with E-state index in [4.69, 9.17) is 4.74 Å². The zero-order valence-corrected chi connectivity index (χ0v) is 10.5. The Hall–Kier alpha value is -0.830. The van der Waals surface area contributed by atoms with Crippen molar-refractivity contribution < 1.29 is 9.53 Å². The molecule has 3 nitrogen and oxygen atoms in total. The summed E-state index contributed by atoms with van der Waals surface area (Å²) >= 11 is 0. The Kier molecular flexibility index (Phi) is 6.16. The first-order valence-corrected chi connectivity index (χ1v) is 6.28. The molecule has 0 N–H and O–H groups in total. The molecule has 0 saturated carbocycles. The van der Waals surface area contributed by atoms with Crippen molar-refractivity contribution in [2.75, 3.05) is 26.7 Å². The number of hydrogen-bond donors (Lipinski definition) is 0. The monoisotopic (exact) mass is 225 g/mol. The Morgan fingerprint density at radius 1 is 1.44 bits per heavy atom. The van der Waals surface area contributed by atoms with Crippen LogP contribution in [0.3, 0.4) is 0 Å². The van der Waals surface area contributed by atoms with Crippen LogP contribution in [-0.2, 0) is 9.53 Å². The predicted molar refractivity (Wildman–Crippen MR) is 65.3 cm³/mol. The highest BCUT2D eigenvalue weighted by Gasteiger charge is 2.16. The molecule has 16 heavy (non-hydrogen) atoms. The Balaban J connectivity index is 2.17. The van der Waals surface area contributed by atoms with Gasteiger partial charge in [-0.3, -0.25) is 0 Å². The highest BCUT2D eigenvalue weighted by Crippen LogP contribution is 2.09. The Bertz CT molecular complexity index is 248. The van der Waals surface area contributed by atoms with Crippen LogP contribution in [0.25, 0.3) is 0 Å². The van der Waals surface area contributed by atoms with E-state index >= 15 is 0 Å². The fourth-order valence-corrected chi connectivity index (χ4v) is 1.83. The van der Waals surface area contributed by atoms with Crippen LogP contribution in [0.1, 0.15) is 39.0 Å². The molecule has 0 radical (unpaired) electrons. The lowest BCUT2D eigenvalue weighted by Gasteiger charge is -2.21. The van der Waals surface area contributed by atoms with Gasteiger partial charge in [0.05, 0.1) is 6.61 Å². The first-order valence-electron chi connectivity index (χ1n) is 6.28. The first kappa shape index (κ1) is 13.2. The molecule has 1 aliphatic heterocycles. The molecule has 0 saturated heterocycles. The van der Waals surface area contributed by atoms with Crippen molar-refractivity contribution in [1.29, 1.82) is 0 Å². The molecule has 0 aromatic carbocycles. The minimum Gasteiger partial charge on any atom is -0.462 e. The number of unbranched alkanes of at least 4 members (excludes halogenated alkanes) is 3. The van der Waals surface area contributed by atoms with E-state index in [-0.39, 0.29) is 5.97 Å². The number of esters is 1. The Morgan fingerprint density at radius 3 is 2.94 bits per heavy atom. The van der Waals surface area contributed by atoms with E-state index in [0.717, 1.165) is 37.9 Å². The van der Waals surface area contributed by atoms with Crippen LogP contribution in [0.2, 0.25) is 0 Å². The van der Waals surface area contributed by atoms with Gasteiger partial charge in [0.2, 0.25) is 0 Å². The van der Waals surface area contributed by atoms with Crippen LogP contribution < -0.4 is 0 Å². The molecule has 0 atom stereocenters. The minimum atomic E-state index is -0.122. The second-order valence-electron chi connectivity index (χ2n) is 4.45. The summed E-state index contributed by atoms with van der Waals surface area (Å²) in [6.07, 6.45) is 7.55. The van der Waals surface area contributed by atoms with Crippen molar-refractivity contribution in [2.24, 2.45) is 0 Å². The van der Waals surface area contributed by atoms with Gasteiger partial charge in [0.15, 0.2) is 0 Å². The van der Waals surface area contributed by atoms with Crippen molar-refractivity contribution in [3.05, 3.63) is 11.6 Å². The maximum atomic E-state index is 11.7. The van der Waals surface area contributed by atoms with Gasteiger partial charge in [0.25, 0.3) is 0 Å². The Labute approximate surface area is 98.5 Å². The molecule has 0 spiro atoms. The van der Waals surface area contributed by atoms with E-state index < -0.39 is 0 Å². The summed E-state index contributed by atoms with van der Waals surface area (Å²) < 4.78 is 5.24. The van der Waals surface area contributed by atoms with E-state index in [1.54, 1.807) is 0 Å². The summed E-state index contributed by atoms with van der Waals surface area (Å²) in [5.74, 6) is -0.122. The summed E-state index contributed by atoms with van der Waals surface area (Å²) in [5.41, 5.74) is 0.823. The third-order valence-corrected chi connectivity index (χ3v) is 2.84. The summed E-state index contributed by atoms with van der Waals surface area (Å²) in [6, 6.07) is 0. The Morgan fingerprint density at radius 2 is 2.25 bits per heavy atom. The van der Waals surface area contributed by atoms with Crippen molar-refractivity contribution >= 4 is 5.97 Å². The topological polar surface area (TPSA) is 29.5 Å². The van der Waals surface area contributed by atoms with Gasteiger partial charge in [-0.2, -0.15) is 0 Å². The number of hydrogen-bond acceptors (Lipinski definition) is 3. The van der Waals surface area contributed by atoms with Crippen LogP contribution in [0.15, 0.2) is 11.6 Å². The predicted octanol–water partition coefficient (Wildman–Crippen LogP) is 2.37. The second kappa shape index (κ2) is 7.44. The standard InChI is InChI=1S/C13H23NO2/c1-3-4-5-6-10-16-13(15)12-8-7-9-14(2)11-12/h8H,3-7,9-11H2,1-2H3. The molecule has 3 heteroatoms. The zero-order chi connectivity index (χ0) is 11.8. The van der Waals surface area contributed by atoms with E-state index in [1.807, 2.05) is 13.1 Å². The minimum absolute atomic E-state index is 0.122. The lowest BCUT2D eigenvalue weighted by Crippen LogP contribution is -2.29. The normalized spacial score (nSPS) is 17.0. The molecule has 0 amide bonds. The number of nitrogens with zero attached hydrogens (tertiary/aromatic N) is 1. The molecule has 1 rings (SSSR count). The third kappa shape index (κ3) is 4.79. The summed E-state index contributed by atoms with van der Waals surface area (Å²) in [5, 5.41) is 0. The number of rotatable bonds is 6. The van der Waals surface area contributed by atoms with Crippen LogP contribution in [0.5, 0.6) is 0 Å². The van der Waals surface area contributed by atoms with Gasteiger partial charge in [-0.25, -0.2) is 4.79 Å². The van der Waals surface area contributed by atoms with Crippen molar-refractivity contribution in [1.82, 2.24) is 4.90 Å². The van der Waals surface area contributed by atoms with Crippen LogP contribution in [0.4, 0.5) is 0 Å². The van der Waals surface area contributed by atoms with Gasteiger partial charge in [-0.05, 0) is 19.9 Å². The van der Waals surface area contributed by atoms with E-state index in [1.165, 1.54) is 12.8 Å². The molecule has 0 bridgehead atoms. The van der Waals surface area contributed by atoms with Crippen molar-refractivity contribution in [3.8, 4) is 0 Å². The summed E-state index contributed by atoms with van der Waals surface area (Å²) in [7, 11) is 2.03. The number of carbonyl (C=O) groups excluding carboxylic acids is 1. The zero-order valence-electron chi connectivity index (χ0n) is 10.5. The molecular weight excluding hydrogens is 202 g/mol. The third-order valence-electron chi connectivity index (χ3n) is 2.84.